The molecule has 2 aliphatic heterocycles. The number of aliphatic hydroxyl groups is 1. The molecular formula is C21H31NO3. The van der Waals surface area contributed by atoms with Crippen LogP contribution in [-0.2, 0) is 11.3 Å². The lowest BCUT2D eigenvalue weighted by Gasteiger charge is -2.51. The second-order valence-corrected chi connectivity index (χ2v) is 7.78. The number of amides is 1. The quantitative estimate of drug-likeness (QED) is 0.763. The minimum atomic E-state index is -0.596. The Labute approximate surface area is 151 Å². The zero-order valence-corrected chi connectivity index (χ0v) is 15.3. The molecule has 2 saturated heterocycles. The van der Waals surface area contributed by atoms with E-state index < -0.39 is 5.60 Å². The summed E-state index contributed by atoms with van der Waals surface area (Å²) in [7, 11) is 0. The number of hydrogen-bond donors (Lipinski definition) is 1. The number of ether oxygens (including phenoxy) is 1. The van der Waals surface area contributed by atoms with Crippen molar-refractivity contribution in [1.29, 1.82) is 0 Å². The van der Waals surface area contributed by atoms with E-state index in [4.69, 9.17) is 4.74 Å². The highest BCUT2D eigenvalue weighted by atomic mass is 16.6. The van der Waals surface area contributed by atoms with E-state index in [-0.39, 0.29) is 18.2 Å². The molecule has 0 saturated carbocycles. The monoisotopic (exact) mass is 345 g/mol. The SMILES string of the molecule is CCCCCC1(O)CC2CCCC(C1)N2C(=O)OCc1ccccc1. The molecule has 1 N–H and O–H groups in total. The Hall–Kier alpha value is -1.55. The van der Waals surface area contributed by atoms with Crippen molar-refractivity contribution >= 4 is 6.09 Å². The summed E-state index contributed by atoms with van der Waals surface area (Å²) in [5.41, 5.74) is 0.412. The molecule has 0 aromatic heterocycles. The highest BCUT2D eigenvalue weighted by Gasteiger charge is 2.47. The third kappa shape index (κ3) is 4.55. The van der Waals surface area contributed by atoms with Gasteiger partial charge in [0.25, 0.3) is 0 Å². The molecule has 1 amide bonds. The van der Waals surface area contributed by atoms with Crippen LogP contribution >= 0.6 is 0 Å². The molecular weight excluding hydrogens is 314 g/mol. The van der Waals surface area contributed by atoms with Crippen LogP contribution in [0.3, 0.4) is 0 Å². The fourth-order valence-corrected chi connectivity index (χ4v) is 4.53. The van der Waals surface area contributed by atoms with Gasteiger partial charge < -0.3 is 14.7 Å². The number of carbonyl (C=O) groups excluding carboxylic acids is 1. The number of nitrogens with zero attached hydrogens (tertiary/aromatic N) is 1. The van der Waals surface area contributed by atoms with E-state index >= 15 is 0 Å². The fourth-order valence-electron chi connectivity index (χ4n) is 4.53. The molecule has 1 aromatic rings. The first kappa shape index (κ1) is 18.2. The second-order valence-electron chi connectivity index (χ2n) is 7.78. The highest BCUT2D eigenvalue weighted by Crippen LogP contribution is 2.41. The summed E-state index contributed by atoms with van der Waals surface area (Å²) in [5, 5.41) is 11.0. The molecule has 0 radical (unpaired) electrons. The smallest absolute Gasteiger partial charge is 0.410 e. The topological polar surface area (TPSA) is 49.8 Å². The van der Waals surface area contributed by atoms with E-state index in [1.54, 1.807) is 0 Å². The maximum atomic E-state index is 12.7. The first-order valence-electron chi connectivity index (χ1n) is 9.83. The Morgan fingerprint density at radius 1 is 1.20 bits per heavy atom. The van der Waals surface area contributed by atoms with Crippen LogP contribution in [0, 0.1) is 0 Å². The molecule has 2 bridgehead atoms. The summed E-state index contributed by atoms with van der Waals surface area (Å²) < 4.78 is 5.58. The molecule has 2 fully saturated rings. The van der Waals surface area contributed by atoms with Crippen molar-refractivity contribution in [2.45, 2.75) is 89.0 Å². The maximum Gasteiger partial charge on any atom is 0.410 e. The Balaban J connectivity index is 1.60. The summed E-state index contributed by atoms with van der Waals surface area (Å²) in [6, 6.07) is 10.1. The normalized spacial score (nSPS) is 28.6. The number of unbranched alkanes of at least 4 members (excludes halogenated alkanes) is 2. The molecule has 2 heterocycles. The molecule has 3 rings (SSSR count). The first-order chi connectivity index (χ1) is 12.1. The van der Waals surface area contributed by atoms with Crippen LogP contribution in [0.2, 0.25) is 0 Å². The molecule has 4 nitrogen and oxygen atoms in total. The van der Waals surface area contributed by atoms with E-state index in [0.29, 0.717) is 19.4 Å². The Morgan fingerprint density at radius 3 is 2.52 bits per heavy atom. The Morgan fingerprint density at radius 2 is 1.88 bits per heavy atom. The van der Waals surface area contributed by atoms with Crippen LogP contribution in [0.25, 0.3) is 0 Å². The zero-order valence-electron chi connectivity index (χ0n) is 15.3. The van der Waals surface area contributed by atoms with Gasteiger partial charge in [-0.1, -0.05) is 56.5 Å². The maximum absolute atomic E-state index is 12.7. The summed E-state index contributed by atoms with van der Waals surface area (Å²) in [6.45, 7) is 2.50. The number of fused-ring (bicyclic) bond motifs is 2. The van der Waals surface area contributed by atoms with Gasteiger partial charge in [-0.05, 0) is 44.1 Å². The molecule has 25 heavy (non-hydrogen) atoms. The van der Waals surface area contributed by atoms with Gasteiger partial charge in [0.2, 0.25) is 0 Å². The van der Waals surface area contributed by atoms with Crippen LogP contribution in [0.4, 0.5) is 4.79 Å². The fraction of sp³-hybridized carbons (Fsp3) is 0.667. The summed E-state index contributed by atoms with van der Waals surface area (Å²) in [5.74, 6) is 0. The molecule has 2 aliphatic rings. The van der Waals surface area contributed by atoms with Crippen LogP contribution in [-0.4, -0.2) is 33.8 Å². The standard InChI is InChI=1S/C21H31NO3/c1-2-3-7-13-21(24)14-18-11-8-12-19(15-21)22(18)20(23)25-16-17-9-5-4-6-10-17/h4-6,9-10,18-19,24H,2-3,7-8,11-16H2,1H3. The number of benzene rings is 1. The third-order valence-corrected chi connectivity index (χ3v) is 5.75. The summed E-state index contributed by atoms with van der Waals surface area (Å²) >= 11 is 0. The number of piperidine rings is 2. The van der Waals surface area contributed by atoms with Crippen molar-refractivity contribution in [3.8, 4) is 0 Å². The van der Waals surface area contributed by atoms with Crippen molar-refractivity contribution in [1.82, 2.24) is 4.90 Å². The molecule has 138 valence electrons. The molecule has 0 spiro atoms. The third-order valence-electron chi connectivity index (χ3n) is 5.75. The molecule has 2 atom stereocenters. The predicted octanol–water partition coefficient (Wildman–Crippen LogP) is 4.65. The van der Waals surface area contributed by atoms with Crippen LogP contribution in [0.1, 0.15) is 70.3 Å². The van der Waals surface area contributed by atoms with Gasteiger partial charge in [0.05, 0.1) is 5.60 Å². The highest BCUT2D eigenvalue weighted by molar-refractivity contribution is 5.69. The average molecular weight is 345 g/mol. The van der Waals surface area contributed by atoms with Crippen molar-refractivity contribution in [3.63, 3.8) is 0 Å². The van der Waals surface area contributed by atoms with Gasteiger partial charge in [0.15, 0.2) is 0 Å². The number of rotatable bonds is 6. The van der Waals surface area contributed by atoms with E-state index in [2.05, 4.69) is 6.92 Å². The van der Waals surface area contributed by atoms with Gasteiger partial charge in [-0.3, -0.25) is 0 Å². The Kier molecular flexibility index (Phi) is 6.00. The molecule has 0 aliphatic carbocycles. The average Bonchev–Trinajstić information content (AvgIpc) is 2.60. The predicted molar refractivity (Wildman–Crippen MR) is 98.2 cm³/mol. The van der Waals surface area contributed by atoms with Gasteiger partial charge in [0.1, 0.15) is 6.61 Å². The molecule has 1 aromatic carbocycles. The summed E-state index contributed by atoms with van der Waals surface area (Å²) in [6.07, 6.45) is 8.56. The van der Waals surface area contributed by atoms with Gasteiger partial charge in [-0.2, -0.15) is 0 Å². The van der Waals surface area contributed by atoms with Crippen LogP contribution in [0.5, 0.6) is 0 Å². The number of hydrogen-bond acceptors (Lipinski definition) is 3. The van der Waals surface area contributed by atoms with Gasteiger partial charge in [0, 0.05) is 12.1 Å². The molecule has 4 heteroatoms. The van der Waals surface area contributed by atoms with Crippen molar-refractivity contribution in [2.24, 2.45) is 0 Å². The lowest BCUT2D eigenvalue weighted by atomic mass is 9.73. The first-order valence-corrected chi connectivity index (χ1v) is 9.83. The molecule has 2 unspecified atom stereocenters. The van der Waals surface area contributed by atoms with Crippen LogP contribution in [0.15, 0.2) is 30.3 Å². The lowest BCUT2D eigenvalue weighted by Crippen LogP contribution is -2.59. The van der Waals surface area contributed by atoms with Crippen molar-refractivity contribution < 1.29 is 14.6 Å². The van der Waals surface area contributed by atoms with Gasteiger partial charge >= 0.3 is 6.09 Å². The Bertz CT molecular complexity index is 546. The zero-order chi connectivity index (χ0) is 17.7. The van der Waals surface area contributed by atoms with Crippen molar-refractivity contribution in [2.75, 3.05) is 0 Å². The van der Waals surface area contributed by atoms with E-state index in [1.807, 2.05) is 35.2 Å². The lowest BCUT2D eigenvalue weighted by molar-refractivity contribution is -0.0898. The minimum absolute atomic E-state index is 0.127. The van der Waals surface area contributed by atoms with Crippen LogP contribution < -0.4 is 0 Å². The minimum Gasteiger partial charge on any atom is -0.445 e. The summed E-state index contributed by atoms with van der Waals surface area (Å²) in [4.78, 5) is 14.6. The largest absolute Gasteiger partial charge is 0.445 e. The number of carbonyl (C=O) groups is 1. The van der Waals surface area contributed by atoms with E-state index in [0.717, 1.165) is 37.7 Å². The second kappa shape index (κ2) is 8.22. The van der Waals surface area contributed by atoms with E-state index in [1.165, 1.54) is 12.8 Å². The van der Waals surface area contributed by atoms with E-state index in [9.17, 15) is 9.90 Å². The van der Waals surface area contributed by atoms with Gasteiger partial charge in [-0.25, -0.2) is 4.79 Å². The van der Waals surface area contributed by atoms with Gasteiger partial charge in [-0.15, -0.1) is 0 Å². The van der Waals surface area contributed by atoms with Crippen molar-refractivity contribution in [3.05, 3.63) is 35.9 Å².